The van der Waals surface area contributed by atoms with Crippen LogP contribution in [-0.2, 0) is 21.9 Å². The molecule has 1 unspecified atom stereocenters. The zero-order chi connectivity index (χ0) is 20.8. The van der Waals surface area contributed by atoms with Crippen molar-refractivity contribution in [3.63, 3.8) is 0 Å². The van der Waals surface area contributed by atoms with Gasteiger partial charge in [-0.1, -0.05) is 17.3 Å². The molecule has 0 spiro atoms. The van der Waals surface area contributed by atoms with E-state index in [4.69, 9.17) is 10.3 Å². The molecule has 1 aromatic heterocycles. The third kappa shape index (κ3) is 6.08. The van der Waals surface area contributed by atoms with E-state index in [1.807, 2.05) is 38.1 Å². The van der Waals surface area contributed by atoms with Crippen LogP contribution in [0.4, 0.5) is 5.69 Å². The van der Waals surface area contributed by atoms with Gasteiger partial charge in [0.05, 0.1) is 17.4 Å². The molecular weight excluding hydrogens is 388 g/mol. The molecule has 3 rings (SSSR count). The highest BCUT2D eigenvalue weighted by Crippen LogP contribution is 2.21. The summed E-state index contributed by atoms with van der Waals surface area (Å²) in [4.78, 5) is 25.9. The quantitative estimate of drug-likeness (QED) is 0.686. The van der Waals surface area contributed by atoms with E-state index < -0.39 is 0 Å². The second-order valence-electron chi connectivity index (χ2n) is 7.52. The molecule has 1 fully saturated rings. The minimum atomic E-state index is -0.208. The van der Waals surface area contributed by atoms with Gasteiger partial charge in [-0.15, -0.1) is 11.8 Å². The van der Waals surface area contributed by atoms with E-state index in [-0.39, 0.29) is 17.7 Å². The third-order valence-electron chi connectivity index (χ3n) is 5.21. The predicted molar refractivity (Wildman–Crippen MR) is 114 cm³/mol. The van der Waals surface area contributed by atoms with Gasteiger partial charge in [-0.2, -0.15) is 0 Å². The molecule has 1 atom stereocenters. The molecule has 1 aliphatic heterocycles. The van der Waals surface area contributed by atoms with Crippen molar-refractivity contribution in [1.29, 1.82) is 0 Å². The number of carbonyl (C=O) groups is 2. The fraction of sp³-hybridized carbons (Fsp3) is 0.476. The minimum Gasteiger partial charge on any atom is -0.369 e. The Hall–Kier alpha value is -2.32. The first-order valence-corrected chi connectivity index (χ1v) is 11.0. The molecule has 1 aliphatic rings. The van der Waals surface area contributed by atoms with E-state index >= 15 is 0 Å². The van der Waals surface area contributed by atoms with Crippen LogP contribution in [0.1, 0.15) is 35.4 Å². The average Bonchev–Trinajstić information content (AvgIpc) is 3.02. The molecule has 1 saturated heterocycles. The lowest BCUT2D eigenvalue weighted by Gasteiger charge is -2.31. The van der Waals surface area contributed by atoms with E-state index in [1.54, 1.807) is 0 Å². The van der Waals surface area contributed by atoms with Crippen molar-refractivity contribution in [2.24, 2.45) is 11.7 Å². The first-order valence-electron chi connectivity index (χ1n) is 9.82. The summed E-state index contributed by atoms with van der Waals surface area (Å²) in [6, 6.07) is 7.87. The number of aromatic nitrogens is 1. The summed E-state index contributed by atoms with van der Waals surface area (Å²) < 4.78 is 5.14. The van der Waals surface area contributed by atoms with Crippen LogP contribution >= 0.6 is 11.8 Å². The topological polar surface area (TPSA) is 101 Å². The largest absolute Gasteiger partial charge is 0.369 e. The number of nitrogens with two attached hydrogens (primary N) is 1. The number of carbonyl (C=O) groups excluding carboxylic acids is 2. The number of amides is 2. The van der Waals surface area contributed by atoms with E-state index in [0.717, 1.165) is 60.7 Å². The lowest BCUT2D eigenvalue weighted by Crippen LogP contribution is -2.40. The van der Waals surface area contributed by atoms with E-state index in [9.17, 15) is 9.59 Å². The fourth-order valence-corrected chi connectivity index (χ4v) is 4.51. The molecule has 156 valence electrons. The van der Waals surface area contributed by atoms with Gasteiger partial charge < -0.3 is 15.6 Å². The van der Waals surface area contributed by atoms with Crippen LogP contribution in [0.15, 0.2) is 28.8 Å². The van der Waals surface area contributed by atoms with Crippen LogP contribution in [0.25, 0.3) is 0 Å². The van der Waals surface area contributed by atoms with Crippen LogP contribution in [0.3, 0.4) is 0 Å². The standard InChI is InChI=1S/C21H28N4O3S/c1-14-19(15(2)28-24-14)12-29-13-20(26)23-18-7-5-16(6-8-18)10-25-9-3-4-17(11-25)21(22)27/h5-8,17H,3-4,9-13H2,1-2H3,(H2,22,27)(H,23,26). The first kappa shape index (κ1) is 21.4. The highest BCUT2D eigenvalue weighted by Gasteiger charge is 2.23. The summed E-state index contributed by atoms with van der Waals surface area (Å²) in [5.41, 5.74) is 9.32. The second kappa shape index (κ2) is 9.93. The molecule has 3 N–H and O–H groups in total. The molecule has 7 nitrogen and oxygen atoms in total. The number of likely N-dealkylation sites (tertiary alicyclic amines) is 1. The number of aryl methyl sites for hydroxylation is 2. The maximum Gasteiger partial charge on any atom is 0.234 e. The molecule has 0 bridgehead atoms. The van der Waals surface area contributed by atoms with Crippen molar-refractivity contribution < 1.29 is 14.1 Å². The number of thioether (sulfide) groups is 1. The molecule has 2 aromatic rings. The highest BCUT2D eigenvalue weighted by atomic mass is 32.2. The van der Waals surface area contributed by atoms with Gasteiger partial charge in [-0.3, -0.25) is 14.5 Å². The molecule has 1 aromatic carbocycles. The zero-order valence-electron chi connectivity index (χ0n) is 16.9. The number of nitrogens with zero attached hydrogens (tertiary/aromatic N) is 2. The Balaban J connectivity index is 1.44. The van der Waals surface area contributed by atoms with Gasteiger partial charge in [-0.05, 0) is 50.9 Å². The second-order valence-corrected chi connectivity index (χ2v) is 8.50. The molecule has 8 heteroatoms. The number of piperidine rings is 1. The summed E-state index contributed by atoms with van der Waals surface area (Å²) in [5, 5.41) is 6.86. The summed E-state index contributed by atoms with van der Waals surface area (Å²) in [5.74, 6) is 1.59. The van der Waals surface area contributed by atoms with Crippen LogP contribution in [-0.4, -0.2) is 40.7 Å². The van der Waals surface area contributed by atoms with Crippen molar-refractivity contribution in [1.82, 2.24) is 10.1 Å². The molecule has 0 saturated carbocycles. The van der Waals surface area contributed by atoms with Crippen molar-refractivity contribution in [3.05, 3.63) is 46.8 Å². The van der Waals surface area contributed by atoms with Gasteiger partial charge in [-0.25, -0.2) is 0 Å². The minimum absolute atomic E-state index is 0.0326. The predicted octanol–water partition coefficient (Wildman–Crippen LogP) is 2.86. The Kier molecular flexibility index (Phi) is 7.33. The zero-order valence-corrected chi connectivity index (χ0v) is 17.8. The summed E-state index contributed by atoms with van der Waals surface area (Å²) in [6.07, 6.45) is 1.87. The molecule has 29 heavy (non-hydrogen) atoms. The fourth-order valence-electron chi connectivity index (χ4n) is 3.53. The summed E-state index contributed by atoms with van der Waals surface area (Å²) in [7, 11) is 0. The number of hydrogen-bond donors (Lipinski definition) is 2. The van der Waals surface area contributed by atoms with Crippen molar-refractivity contribution in [2.75, 3.05) is 24.2 Å². The Morgan fingerprint density at radius 1 is 1.31 bits per heavy atom. The lowest BCUT2D eigenvalue weighted by atomic mass is 9.97. The van der Waals surface area contributed by atoms with Crippen molar-refractivity contribution >= 4 is 29.3 Å². The van der Waals surface area contributed by atoms with Crippen LogP contribution in [0.5, 0.6) is 0 Å². The van der Waals surface area contributed by atoms with Crippen LogP contribution < -0.4 is 11.1 Å². The number of rotatable bonds is 8. The average molecular weight is 417 g/mol. The van der Waals surface area contributed by atoms with Crippen LogP contribution in [0.2, 0.25) is 0 Å². The number of anilines is 1. The molecule has 2 amide bonds. The van der Waals surface area contributed by atoms with Gasteiger partial charge in [0.15, 0.2) is 0 Å². The Morgan fingerprint density at radius 3 is 2.72 bits per heavy atom. The highest BCUT2D eigenvalue weighted by molar-refractivity contribution is 7.99. The summed E-state index contributed by atoms with van der Waals surface area (Å²) >= 11 is 1.54. The molecule has 2 heterocycles. The third-order valence-corrected chi connectivity index (χ3v) is 6.17. The SMILES string of the molecule is Cc1noc(C)c1CSCC(=O)Nc1ccc(CN2CCCC(C(N)=O)C2)cc1. The Labute approximate surface area is 175 Å². The first-order chi connectivity index (χ1) is 13.9. The van der Waals surface area contributed by atoms with Crippen molar-refractivity contribution in [2.45, 2.75) is 39.0 Å². The Morgan fingerprint density at radius 2 is 2.07 bits per heavy atom. The van der Waals surface area contributed by atoms with Gasteiger partial charge in [0.1, 0.15) is 5.76 Å². The summed E-state index contributed by atoms with van der Waals surface area (Å²) in [6.45, 7) is 6.27. The number of benzene rings is 1. The van der Waals surface area contributed by atoms with Gasteiger partial charge in [0.25, 0.3) is 0 Å². The Bertz CT molecular complexity index is 831. The van der Waals surface area contributed by atoms with Gasteiger partial charge >= 0.3 is 0 Å². The van der Waals surface area contributed by atoms with E-state index in [0.29, 0.717) is 11.5 Å². The van der Waals surface area contributed by atoms with Crippen LogP contribution in [0, 0.1) is 19.8 Å². The van der Waals surface area contributed by atoms with Crippen molar-refractivity contribution in [3.8, 4) is 0 Å². The maximum absolute atomic E-state index is 12.2. The van der Waals surface area contributed by atoms with E-state index in [2.05, 4.69) is 15.4 Å². The molecule has 0 radical (unpaired) electrons. The number of nitrogens with one attached hydrogen (secondary N) is 1. The van der Waals surface area contributed by atoms with Gasteiger partial charge in [0.2, 0.25) is 11.8 Å². The molecule has 0 aliphatic carbocycles. The van der Waals surface area contributed by atoms with E-state index in [1.165, 1.54) is 11.8 Å². The van der Waals surface area contributed by atoms with Gasteiger partial charge in [0, 0.05) is 30.1 Å². The maximum atomic E-state index is 12.2. The molecular formula is C21H28N4O3S. The number of hydrogen-bond acceptors (Lipinski definition) is 6. The monoisotopic (exact) mass is 416 g/mol. The smallest absolute Gasteiger partial charge is 0.234 e. The number of primary amides is 1. The lowest BCUT2D eigenvalue weighted by molar-refractivity contribution is -0.123. The normalized spacial score (nSPS) is 17.2.